The molecule has 0 spiro atoms. The highest BCUT2D eigenvalue weighted by molar-refractivity contribution is 7.90. The molecular weight excluding hydrogens is 324 g/mol. The van der Waals surface area contributed by atoms with Gasteiger partial charge in [0, 0.05) is 22.8 Å². The number of anilines is 1. The molecule has 0 aliphatic carbocycles. The molecule has 120 valence electrons. The number of carbonyl (C=O) groups excluding carboxylic acids is 1. The van der Waals surface area contributed by atoms with Gasteiger partial charge in [-0.1, -0.05) is 18.2 Å². The Hall–Kier alpha value is -2.73. The summed E-state index contributed by atoms with van der Waals surface area (Å²) in [6.07, 6.45) is 1.69. The quantitative estimate of drug-likeness (QED) is 0.779. The van der Waals surface area contributed by atoms with Gasteiger partial charge >= 0.3 is 0 Å². The number of carbonyl (C=O) groups is 1. The zero-order valence-corrected chi connectivity index (χ0v) is 13.5. The van der Waals surface area contributed by atoms with E-state index in [4.69, 9.17) is 0 Å². The molecule has 24 heavy (non-hydrogen) atoms. The predicted molar refractivity (Wildman–Crippen MR) is 92.5 cm³/mol. The van der Waals surface area contributed by atoms with E-state index in [0.29, 0.717) is 11.3 Å². The number of nitrogens with one attached hydrogen (secondary N) is 1. The highest BCUT2D eigenvalue weighted by Gasteiger charge is 2.24. The van der Waals surface area contributed by atoms with E-state index < -0.39 is 9.84 Å². The fourth-order valence-corrected chi connectivity index (χ4v) is 4.60. The van der Waals surface area contributed by atoms with Gasteiger partial charge < -0.3 is 5.32 Å². The molecule has 1 aliphatic heterocycles. The van der Waals surface area contributed by atoms with Crippen molar-refractivity contribution in [3.05, 3.63) is 71.4 Å². The SMILES string of the molecule is O=C(Nc1ccc2c(c1)CS(=O)(=O)C2)c1cccc2ncccc12. The van der Waals surface area contributed by atoms with Crippen molar-refractivity contribution in [2.75, 3.05) is 5.32 Å². The number of hydrogen-bond donors (Lipinski definition) is 1. The number of aromatic nitrogens is 1. The molecular formula is C18H14N2O3S. The molecule has 2 heterocycles. The molecule has 5 nitrogen and oxygen atoms in total. The fraction of sp³-hybridized carbons (Fsp3) is 0.111. The second-order valence-corrected chi connectivity index (χ2v) is 7.91. The third-order valence-electron chi connectivity index (χ3n) is 4.11. The number of sulfone groups is 1. The lowest BCUT2D eigenvalue weighted by atomic mass is 10.1. The Kier molecular flexibility index (Phi) is 3.35. The van der Waals surface area contributed by atoms with E-state index in [-0.39, 0.29) is 17.4 Å². The molecule has 0 atom stereocenters. The first-order chi connectivity index (χ1) is 11.5. The van der Waals surface area contributed by atoms with Crippen molar-refractivity contribution in [3.63, 3.8) is 0 Å². The van der Waals surface area contributed by atoms with Gasteiger partial charge in [-0.2, -0.15) is 0 Å². The smallest absolute Gasteiger partial charge is 0.256 e. The molecule has 0 unspecified atom stereocenters. The Morgan fingerprint density at radius 2 is 1.83 bits per heavy atom. The van der Waals surface area contributed by atoms with Crippen molar-refractivity contribution in [2.24, 2.45) is 0 Å². The third kappa shape index (κ3) is 2.65. The van der Waals surface area contributed by atoms with Gasteiger partial charge in [-0.05, 0) is 41.5 Å². The normalized spacial score (nSPS) is 15.2. The van der Waals surface area contributed by atoms with Gasteiger partial charge in [0.25, 0.3) is 5.91 Å². The number of benzene rings is 2. The fourth-order valence-electron chi connectivity index (χ4n) is 3.00. The van der Waals surface area contributed by atoms with Crippen molar-refractivity contribution in [3.8, 4) is 0 Å². The van der Waals surface area contributed by atoms with Crippen LogP contribution in [-0.4, -0.2) is 19.3 Å². The summed E-state index contributed by atoms with van der Waals surface area (Å²) >= 11 is 0. The largest absolute Gasteiger partial charge is 0.322 e. The van der Waals surface area contributed by atoms with Gasteiger partial charge in [-0.25, -0.2) is 8.42 Å². The maximum absolute atomic E-state index is 12.6. The number of fused-ring (bicyclic) bond motifs is 2. The van der Waals surface area contributed by atoms with Crippen LogP contribution in [0.5, 0.6) is 0 Å². The van der Waals surface area contributed by atoms with Gasteiger partial charge in [-0.3, -0.25) is 9.78 Å². The molecule has 0 saturated heterocycles. The summed E-state index contributed by atoms with van der Waals surface area (Å²) in [4.78, 5) is 16.8. The Labute approximate surface area is 139 Å². The Balaban J connectivity index is 1.65. The van der Waals surface area contributed by atoms with E-state index in [9.17, 15) is 13.2 Å². The summed E-state index contributed by atoms with van der Waals surface area (Å²) in [5, 5.41) is 3.62. The molecule has 1 amide bonds. The second-order valence-electron chi connectivity index (χ2n) is 5.85. The summed E-state index contributed by atoms with van der Waals surface area (Å²) in [7, 11) is -3.05. The molecule has 3 aromatic rings. The van der Waals surface area contributed by atoms with Crippen LogP contribution >= 0.6 is 0 Å². The topological polar surface area (TPSA) is 76.1 Å². The van der Waals surface area contributed by atoms with E-state index in [2.05, 4.69) is 10.3 Å². The van der Waals surface area contributed by atoms with Crippen molar-refractivity contribution >= 4 is 32.3 Å². The molecule has 0 saturated carbocycles. The first kappa shape index (κ1) is 14.8. The summed E-state index contributed by atoms with van der Waals surface area (Å²) in [6, 6.07) is 14.3. The number of rotatable bonds is 2. The average molecular weight is 338 g/mol. The van der Waals surface area contributed by atoms with Crippen LogP contribution < -0.4 is 5.32 Å². The zero-order valence-electron chi connectivity index (χ0n) is 12.7. The molecule has 2 aromatic carbocycles. The van der Waals surface area contributed by atoms with E-state index in [1.165, 1.54) is 0 Å². The van der Waals surface area contributed by atoms with Crippen LogP contribution in [0.2, 0.25) is 0 Å². The minimum atomic E-state index is -3.05. The maximum Gasteiger partial charge on any atom is 0.256 e. The van der Waals surface area contributed by atoms with Crippen molar-refractivity contribution in [1.82, 2.24) is 4.98 Å². The Bertz CT molecular complexity index is 1070. The van der Waals surface area contributed by atoms with Crippen LogP contribution in [0.3, 0.4) is 0 Å². The van der Waals surface area contributed by atoms with E-state index in [1.54, 1.807) is 42.6 Å². The number of nitrogens with zero attached hydrogens (tertiary/aromatic N) is 1. The van der Waals surface area contributed by atoms with Crippen LogP contribution in [0.4, 0.5) is 5.69 Å². The molecule has 1 N–H and O–H groups in total. The van der Waals surface area contributed by atoms with E-state index in [0.717, 1.165) is 22.0 Å². The van der Waals surface area contributed by atoms with Crippen molar-refractivity contribution in [2.45, 2.75) is 11.5 Å². The molecule has 0 bridgehead atoms. The highest BCUT2D eigenvalue weighted by atomic mass is 32.2. The van der Waals surface area contributed by atoms with Crippen LogP contribution in [-0.2, 0) is 21.3 Å². The lowest BCUT2D eigenvalue weighted by molar-refractivity contribution is 0.102. The average Bonchev–Trinajstić information content (AvgIpc) is 2.87. The van der Waals surface area contributed by atoms with E-state index >= 15 is 0 Å². The van der Waals surface area contributed by atoms with Crippen molar-refractivity contribution in [1.29, 1.82) is 0 Å². The van der Waals surface area contributed by atoms with Crippen LogP contribution in [0.15, 0.2) is 54.7 Å². The summed E-state index contributed by atoms with van der Waals surface area (Å²) in [6.45, 7) is 0. The molecule has 1 aliphatic rings. The molecule has 1 aromatic heterocycles. The Morgan fingerprint density at radius 1 is 1.00 bits per heavy atom. The first-order valence-electron chi connectivity index (χ1n) is 7.49. The first-order valence-corrected chi connectivity index (χ1v) is 9.31. The number of hydrogen-bond acceptors (Lipinski definition) is 4. The lowest BCUT2D eigenvalue weighted by Crippen LogP contribution is -2.12. The third-order valence-corrected chi connectivity index (χ3v) is 5.61. The van der Waals surface area contributed by atoms with Crippen LogP contribution in [0, 0.1) is 0 Å². The Morgan fingerprint density at radius 3 is 2.71 bits per heavy atom. The maximum atomic E-state index is 12.6. The predicted octanol–water partition coefficient (Wildman–Crippen LogP) is 2.92. The van der Waals surface area contributed by atoms with Gasteiger partial charge in [0.2, 0.25) is 0 Å². The van der Waals surface area contributed by atoms with Gasteiger partial charge in [-0.15, -0.1) is 0 Å². The van der Waals surface area contributed by atoms with Gasteiger partial charge in [0.15, 0.2) is 9.84 Å². The molecule has 0 fully saturated rings. The van der Waals surface area contributed by atoms with Gasteiger partial charge in [0.1, 0.15) is 0 Å². The summed E-state index contributed by atoms with van der Waals surface area (Å²) in [5.74, 6) is -0.134. The van der Waals surface area contributed by atoms with E-state index in [1.807, 2.05) is 12.1 Å². The molecule has 6 heteroatoms. The summed E-state index contributed by atoms with van der Waals surface area (Å²) in [5.41, 5.74) is 3.45. The molecule has 4 rings (SSSR count). The number of pyridine rings is 1. The zero-order chi connectivity index (χ0) is 16.7. The molecule has 0 radical (unpaired) electrons. The monoisotopic (exact) mass is 338 g/mol. The van der Waals surface area contributed by atoms with Crippen LogP contribution in [0.25, 0.3) is 10.9 Å². The lowest BCUT2D eigenvalue weighted by Gasteiger charge is -2.09. The van der Waals surface area contributed by atoms with Gasteiger partial charge in [0.05, 0.1) is 17.0 Å². The summed E-state index contributed by atoms with van der Waals surface area (Å²) < 4.78 is 23.4. The number of amides is 1. The van der Waals surface area contributed by atoms with Crippen molar-refractivity contribution < 1.29 is 13.2 Å². The minimum Gasteiger partial charge on any atom is -0.322 e. The minimum absolute atomic E-state index is 0.0320. The van der Waals surface area contributed by atoms with Crippen LogP contribution in [0.1, 0.15) is 21.5 Å². The second kappa shape index (κ2) is 5.42. The highest BCUT2D eigenvalue weighted by Crippen LogP contribution is 2.28. The standard InChI is InChI=1S/C18H14N2O3S/c21-18(16-3-1-5-17-15(16)4-2-8-19-17)20-14-7-6-12-10-24(22,23)11-13(12)9-14/h1-9H,10-11H2,(H,20,21).